The van der Waals surface area contributed by atoms with Gasteiger partial charge in [0.25, 0.3) is 0 Å². The number of aliphatic hydroxyl groups excluding tert-OH is 1. The van der Waals surface area contributed by atoms with Crippen molar-refractivity contribution < 1.29 is 14.6 Å². The van der Waals surface area contributed by atoms with Gasteiger partial charge in [-0.1, -0.05) is 77.8 Å². The lowest BCUT2D eigenvalue weighted by atomic mass is 9.36. The summed E-state index contributed by atoms with van der Waals surface area (Å²) < 4.78 is 6.05. The molecule has 9 unspecified atom stereocenters. The quantitative estimate of drug-likeness (QED) is 0.380. The van der Waals surface area contributed by atoms with Crippen LogP contribution in [0.2, 0.25) is 0 Å². The maximum absolute atomic E-state index is 13.7. The van der Waals surface area contributed by atoms with Crippen LogP contribution < -0.4 is 0 Å². The van der Waals surface area contributed by atoms with Crippen molar-refractivity contribution in [3.05, 3.63) is 35.9 Å². The molecule has 3 nitrogen and oxygen atoms in total. The normalized spacial score (nSPS) is 42.1. The Bertz CT molecular complexity index is 1020. The lowest BCUT2D eigenvalue weighted by molar-refractivity contribution is -0.202. The summed E-state index contributed by atoms with van der Waals surface area (Å²) in [5.41, 5.74) is 2.38. The first-order valence-corrected chi connectivity index (χ1v) is 16.9. The van der Waals surface area contributed by atoms with E-state index >= 15 is 0 Å². The van der Waals surface area contributed by atoms with Crippen molar-refractivity contribution in [1.29, 1.82) is 0 Å². The summed E-state index contributed by atoms with van der Waals surface area (Å²) in [7, 11) is 0. The van der Waals surface area contributed by atoms with E-state index in [2.05, 4.69) is 39.8 Å². The maximum Gasteiger partial charge on any atom is 0.312 e. The standard InChI is InChI=1S/C33H48O2.C4H10O/c1-30(2)17-9-18-32(4)27(30)16-20-31(3)25-15-21-33(29(34)35-22-23-10-6-5-7-11-23)19-8-12-26(33)24(25)13-14-28(31)32;1-3-4(2)5/h5-7,10-11,24-28H,8-9,12-22H2,1-4H3;4-5H,3H2,1-2H3. The molecule has 0 amide bonds. The number of esters is 1. The van der Waals surface area contributed by atoms with Gasteiger partial charge in [-0.3, -0.25) is 4.79 Å². The summed E-state index contributed by atoms with van der Waals surface area (Å²) in [6, 6.07) is 10.2. The van der Waals surface area contributed by atoms with E-state index in [1.807, 2.05) is 25.1 Å². The fourth-order valence-electron chi connectivity index (χ4n) is 11.5. The number of fused-ring (bicyclic) bond motifs is 7. The largest absolute Gasteiger partial charge is 0.460 e. The molecule has 5 aliphatic carbocycles. The molecule has 0 bridgehead atoms. The first-order chi connectivity index (χ1) is 19.0. The van der Waals surface area contributed by atoms with Gasteiger partial charge in [-0.25, -0.2) is 0 Å². The average molecular weight is 551 g/mol. The van der Waals surface area contributed by atoms with Gasteiger partial charge in [-0.2, -0.15) is 0 Å². The van der Waals surface area contributed by atoms with E-state index in [0.717, 1.165) is 48.5 Å². The third kappa shape index (κ3) is 5.09. The highest BCUT2D eigenvalue weighted by Crippen LogP contribution is 2.73. The molecule has 1 aromatic rings. The number of hydrogen-bond acceptors (Lipinski definition) is 3. The lowest BCUT2D eigenvalue weighted by Crippen LogP contribution is -2.61. The van der Waals surface area contributed by atoms with Crippen molar-refractivity contribution in [3.63, 3.8) is 0 Å². The Hall–Kier alpha value is -1.35. The fourth-order valence-corrected chi connectivity index (χ4v) is 11.5. The Morgan fingerprint density at radius 3 is 2.27 bits per heavy atom. The zero-order valence-electron chi connectivity index (χ0n) is 26.5. The van der Waals surface area contributed by atoms with Gasteiger partial charge in [0.2, 0.25) is 0 Å². The molecule has 0 heterocycles. The Morgan fingerprint density at radius 1 is 0.850 bits per heavy atom. The third-order valence-electron chi connectivity index (χ3n) is 13.5. The molecule has 5 saturated carbocycles. The number of ether oxygens (including phenoxy) is 1. The molecule has 6 rings (SSSR count). The van der Waals surface area contributed by atoms with Crippen LogP contribution in [0.1, 0.15) is 131 Å². The lowest BCUT2D eigenvalue weighted by Gasteiger charge is -2.68. The van der Waals surface area contributed by atoms with Crippen LogP contribution >= 0.6 is 0 Å². The summed E-state index contributed by atoms with van der Waals surface area (Å²) in [4.78, 5) is 13.7. The van der Waals surface area contributed by atoms with Crippen molar-refractivity contribution in [1.82, 2.24) is 0 Å². The number of benzene rings is 1. The van der Waals surface area contributed by atoms with Crippen LogP contribution in [0.25, 0.3) is 0 Å². The predicted molar refractivity (Wildman–Crippen MR) is 163 cm³/mol. The monoisotopic (exact) mass is 550 g/mol. The van der Waals surface area contributed by atoms with Gasteiger partial charge < -0.3 is 9.84 Å². The molecule has 0 aliphatic heterocycles. The number of aliphatic hydroxyl groups is 1. The highest BCUT2D eigenvalue weighted by atomic mass is 16.5. The van der Waals surface area contributed by atoms with Crippen molar-refractivity contribution >= 4 is 5.97 Å². The minimum Gasteiger partial charge on any atom is -0.460 e. The summed E-state index contributed by atoms with van der Waals surface area (Å²) in [6.07, 6.45) is 16.4. The van der Waals surface area contributed by atoms with Crippen LogP contribution in [-0.4, -0.2) is 17.2 Å². The van der Waals surface area contributed by atoms with Crippen molar-refractivity contribution in [2.75, 3.05) is 0 Å². The number of hydrogen-bond donors (Lipinski definition) is 1. The molecule has 0 aromatic heterocycles. The number of rotatable bonds is 4. The topological polar surface area (TPSA) is 46.5 Å². The molecule has 9 atom stereocenters. The molecule has 0 saturated heterocycles. The molecule has 5 aliphatic rings. The van der Waals surface area contributed by atoms with E-state index in [0.29, 0.717) is 28.8 Å². The molecule has 40 heavy (non-hydrogen) atoms. The van der Waals surface area contributed by atoms with E-state index in [-0.39, 0.29) is 17.5 Å². The van der Waals surface area contributed by atoms with Crippen LogP contribution in [0.5, 0.6) is 0 Å². The molecular formula is C37H58O3. The van der Waals surface area contributed by atoms with Crippen molar-refractivity contribution in [2.45, 2.75) is 138 Å². The molecule has 1 N–H and O–H groups in total. The van der Waals surface area contributed by atoms with Crippen molar-refractivity contribution in [2.24, 2.45) is 51.2 Å². The highest BCUT2D eigenvalue weighted by molar-refractivity contribution is 5.78. The Morgan fingerprint density at radius 2 is 1.57 bits per heavy atom. The highest BCUT2D eigenvalue weighted by Gasteiger charge is 2.66. The van der Waals surface area contributed by atoms with E-state index in [1.54, 1.807) is 6.92 Å². The smallest absolute Gasteiger partial charge is 0.312 e. The Kier molecular flexibility index (Phi) is 8.57. The van der Waals surface area contributed by atoms with E-state index < -0.39 is 0 Å². The average Bonchev–Trinajstić information content (AvgIpc) is 3.38. The molecule has 0 spiro atoms. The van der Waals surface area contributed by atoms with Gasteiger partial charge in [-0.05, 0) is 129 Å². The van der Waals surface area contributed by atoms with E-state index in [9.17, 15) is 4.79 Å². The Labute approximate surface area is 245 Å². The fraction of sp³-hybridized carbons (Fsp3) is 0.811. The zero-order valence-corrected chi connectivity index (χ0v) is 26.5. The van der Waals surface area contributed by atoms with Gasteiger partial charge in [0.05, 0.1) is 11.5 Å². The van der Waals surface area contributed by atoms with Crippen LogP contribution in [0.4, 0.5) is 0 Å². The minimum absolute atomic E-state index is 0.116. The molecule has 5 fully saturated rings. The predicted octanol–water partition coefficient (Wildman–Crippen LogP) is 9.36. The molecular weight excluding hydrogens is 492 g/mol. The second-order valence-corrected chi connectivity index (χ2v) is 15.9. The maximum atomic E-state index is 13.7. The summed E-state index contributed by atoms with van der Waals surface area (Å²) in [5, 5.41) is 8.36. The summed E-state index contributed by atoms with van der Waals surface area (Å²) in [6.45, 7) is 14.7. The van der Waals surface area contributed by atoms with Crippen LogP contribution in [0, 0.1) is 51.2 Å². The third-order valence-corrected chi connectivity index (χ3v) is 13.5. The SMILES string of the molecule is CC1(C)CCCC2(C)C1CCC1(C)C3CCC4(C(=O)OCc5ccccc5)CCCC4C3CCC12.CCC(C)O. The van der Waals surface area contributed by atoms with Gasteiger partial charge in [0.15, 0.2) is 0 Å². The van der Waals surface area contributed by atoms with E-state index in [4.69, 9.17) is 9.84 Å². The second-order valence-electron chi connectivity index (χ2n) is 15.9. The molecule has 0 radical (unpaired) electrons. The summed E-state index contributed by atoms with van der Waals surface area (Å²) in [5.74, 6) is 3.97. The number of carbonyl (C=O) groups is 1. The van der Waals surface area contributed by atoms with Gasteiger partial charge in [0, 0.05) is 0 Å². The van der Waals surface area contributed by atoms with Crippen LogP contribution in [-0.2, 0) is 16.1 Å². The second kappa shape index (κ2) is 11.4. The van der Waals surface area contributed by atoms with Crippen LogP contribution in [0.3, 0.4) is 0 Å². The number of carbonyl (C=O) groups excluding carboxylic acids is 1. The van der Waals surface area contributed by atoms with Gasteiger partial charge >= 0.3 is 5.97 Å². The van der Waals surface area contributed by atoms with E-state index in [1.165, 1.54) is 64.2 Å². The van der Waals surface area contributed by atoms with Crippen LogP contribution in [0.15, 0.2) is 30.3 Å². The first kappa shape index (κ1) is 30.1. The first-order valence-electron chi connectivity index (χ1n) is 16.9. The van der Waals surface area contributed by atoms with Crippen molar-refractivity contribution in [3.8, 4) is 0 Å². The van der Waals surface area contributed by atoms with Gasteiger partial charge in [0.1, 0.15) is 6.61 Å². The Balaban J connectivity index is 0.000000595. The molecule has 1 aromatic carbocycles. The van der Waals surface area contributed by atoms with Gasteiger partial charge in [-0.15, -0.1) is 0 Å². The summed E-state index contributed by atoms with van der Waals surface area (Å²) >= 11 is 0. The molecule has 224 valence electrons. The zero-order chi connectivity index (χ0) is 28.8. The minimum atomic E-state index is -0.201. The molecule has 3 heteroatoms.